The third kappa shape index (κ3) is 5.96. The van der Waals surface area contributed by atoms with Crippen LogP contribution in [0.3, 0.4) is 0 Å². The van der Waals surface area contributed by atoms with Crippen LogP contribution >= 0.6 is 11.3 Å². The van der Waals surface area contributed by atoms with Gasteiger partial charge in [-0.2, -0.15) is 0 Å². The van der Waals surface area contributed by atoms with Crippen molar-refractivity contribution in [1.29, 1.82) is 0 Å². The van der Waals surface area contributed by atoms with Crippen LogP contribution in [0.1, 0.15) is 42.3 Å². The number of aromatic nitrogens is 1. The minimum atomic E-state index is -0.579. The van der Waals surface area contributed by atoms with E-state index in [4.69, 9.17) is 4.74 Å². The fourth-order valence-corrected chi connectivity index (χ4v) is 2.80. The highest BCUT2D eigenvalue weighted by Crippen LogP contribution is 2.22. The van der Waals surface area contributed by atoms with Crippen molar-refractivity contribution in [2.75, 3.05) is 0 Å². The Hall–Kier alpha value is -1.98. The molecule has 2 aromatic rings. The number of carbonyl (C=O) groups excluding carboxylic acids is 1. The van der Waals surface area contributed by atoms with E-state index in [1.807, 2.05) is 51.1 Å². The minimum absolute atomic E-state index is 0.378. The van der Waals surface area contributed by atoms with E-state index in [9.17, 15) is 9.90 Å². The smallest absolute Gasteiger partial charge is 0.331 e. The van der Waals surface area contributed by atoms with Gasteiger partial charge in [-0.05, 0) is 32.4 Å². The fourth-order valence-electron chi connectivity index (χ4n) is 1.94. The van der Waals surface area contributed by atoms with Crippen molar-refractivity contribution >= 4 is 23.4 Å². The summed E-state index contributed by atoms with van der Waals surface area (Å²) in [7, 11) is 0. The first kappa shape index (κ1) is 17.4. The molecule has 0 radical (unpaired) electrons. The van der Waals surface area contributed by atoms with Gasteiger partial charge in [0.1, 0.15) is 5.60 Å². The molecular formula is C18H21NO3S. The van der Waals surface area contributed by atoms with E-state index in [2.05, 4.69) is 4.98 Å². The number of nitrogens with zero attached hydrogens (tertiary/aromatic N) is 1. The third-order valence-electron chi connectivity index (χ3n) is 2.91. The normalized spacial score (nSPS) is 13.2. The third-order valence-corrected chi connectivity index (χ3v) is 3.90. The maximum Gasteiger partial charge on any atom is 0.331 e. The Bertz CT molecular complexity index is 671. The number of rotatable bonds is 5. The number of hydrogen-bond donors (Lipinski definition) is 1. The molecule has 0 spiro atoms. The van der Waals surface area contributed by atoms with Crippen molar-refractivity contribution in [1.82, 2.24) is 4.98 Å². The molecule has 4 nitrogen and oxygen atoms in total. The standard InChI is InChI=1S/C18H21NO3S/c1-18(2,3)22-17(21)10-9-14-12-19-16(23-14)11-15(20)13-7-5-4-6-8-13/h4-10,12,15,20H,11H2,1-3H3/b10-9+. The summed E-state index contributed by atoms with van der Waals surface area (Å²) in [5, 5.41) is 11.0. The predicted octanol–water partition coefficient (Wildman–Crippen LogP) is 3.77. The highest BCUT2D eigenvalue weighted by atomic mass is 32.1. The van der Waals surface area contributed by atoms with E-state index in [0.717, 1.165) is 15.4 Å². The zero-order valence-corrected chi connectivity index (χ0v) is 14.3. The SMILES string of the molecule is CC(C)(C)OC(=O)/C=C/c1cnc(CC(O)c2ccccc2)s1. The van der Waals surface area contributed by atoms with Gasteiger partial charge in [0.15, 0.2) is 0 Å². The summed E-state index contributed by atoms with van der Waals surface area (Å²) < 4.78 is 5.21. The Morgan fingerprint density at radius 3 is 2.70 bits per heavy atom. The zero-order valence-electron chi connectivity index (χ0n) is 13.5. The molecule has 1 aromatic carbocycles. The number of ether oxygens (including phenoxy) is 1. The van der Waals surface area contributed by atoms with Gasteiger partial charge < -0.3 is 9.84 Å². The molecule has 0 aliphatic carbocycles. The number of aliphatic hydroxyl groups excluding tert-OH is 1. The Kier molecular flexibility index (Phi) is 5.69. The lowest BCUT2D eigenvalue weighted by molar-refractivity contribution is -0.148. The molecule has 0 aliphatic rings. The van der Waals surface area contributed by atoms with Gasteiger partial charge in [0.05, 0.1) is 11.1 Å². The van der Waals surface area contributed by atoms with E-state index in [1.165, 1.54) is 17.4 Å². The first-order valence-electron chi connectivity index (χ1n) is 7.42. The lowest BCUT2D eigenvalue weighted by Gasteiger charge is -2.17. The van der Waals surface area contributed by atoms with Gasteiger partial charge in [-0.3, -0.25) is 0 Å². The van der Waals surface area contributed by atoms with E-state index >= 15 is 0 Å². The molecular weight excluding hydrogens is 310 g/mol. The predicted molar refractivity (Wildman–Crippen MR) is 92.1 cm³/mol. The van der Waals surface area contributed by atoms with Crippen molar-refractivity contribution < 1.29 is 14.6 Å². The van der Waals surface area contributed by atoms with E-state index in [-0.39, 0.29) is 5.97 Å². The molecule has 1 unspecified atom stereocenters. The molecule has 0 saturated carbocycles. The summed E-state index contributed by atoms with van der Waals surface area (Å²) in [6, 6.07) is 9.49. The average molecular weight is 331 g/mol. The molecule has 23 heavy (non-hydrogen) atoms. The second kappa shape index (κ2) is 7.53. The molecule has 1 atom stereocenters. The molecule has 122 valence electrons. The van der Waals surface area contributed by atoms with Crippen LogP contribution in [0.15, 0.2) is 42.6 Å². The van der Waals surface area contributed by atoms with Gasteiger partial charge >= 0.3 is 5.97 Å². The Morgan fingerprint density at radius 1 is 1.35 bits per heavy atom. The van der Waals surface area contributed by atoms with Crippen LogP contribution in [0.5, 0.6) is 0 Å². The first-order chi connectivity index (χ1) is 10.8. The number of thiazole rings is 1. The topological polar surface area (TPSA) is 59.4 Å². The van der Waals surface area contributed by atoms with Gasteiger partial charge in [0, 0.05) is 23.6 Å². The highest BCUT2D eigenvalue weighted by Gasteiger charge is 2.14. The molecule has 2 rings (SSSR count). The molecule has 5 heteroatoms. The maximum absolute atomic E-state index is 11.6. The maximum atomic E-state index is 11.6. The molecule has 0 amide bonds. The Balaban J connectivity index is 1.94. The first-order valence-corrected chi connectivity index (χ1v) is 8.24. The molecule has 0 bridgehead atoms. The number of carbonyl (C=O) groups is 1. The zero-order chi connectivity index (χ0) is 16.9. The Morgan fingerprint density at radius 2 is 2.04 bits per heavy atom. The Labute approximate surface area is 140 Å². The van der Waals surface area contributed by atoms with Crippen LogP contribution in [0.25, 0.3) is 6.08 Å². The van der Waals surface area contributed by atoms with Crippen LogP contribution in [0, 0.1) is 0 Å². The van der Waals surface area contributed by atoms with Crippen molar-refractivity contribution in [3.63, 3.8) is 0 Å². The van der Waals surface area contributed by atoms with E-state index in [1.54, 1.807) is 12.3 Å². The summed E-state index contributed by atoms with van der Waals surface area (Å²) >= 11 is 1.45. The van der Waals surface area contributed by atoms with Crippen molar-refractivity contribution in [3.05, 3.63) is 58.1 Å². The van der Waals surface area contributed by atoms with Crippen LogP contribution < -0.4 is 0 Å². The molecule has 1 aromatic heterocycles. The second-order valence-corrected chi connectivity index (χ2v) is 7.30. The summed E-state index contributed by atoms with van der Waals surface area (Å²) in [4.78, 5) is 16.8. The minimum Gasteiger partial charge on any atom is -0.457 e. The average Bonchev–Trinajstić information content (AvgIpc) is 2.92. The summed E-state index contributed by atoms with van der Waals surface area (Å²) in [5.41, 5.74) is 0.369. The quantitative estimate of drug-likeness (QED) is 0.669. The molecule has 0 aliphatic heterocycles. The summed E-state index contributed by atoms with van der Waals surface area (Å²) in [6.45, 7) is 5.48. The van der Waals surface area contributed by atoms with Crippen LogP contribution in [0.4, 0.5) is 0 Å². The molecule has 0 saturated heterocycles. The molecule has 1 N–H and O–H groups in total. The van der Waals surface area contributed by atoms with Gasteiger partial charge in [0.2, 0.25) is 0 Å². The monoisotopic (exact) mass is 331 g/mol. The van der Waals surface area contributed by atoms with Crippen molar-refractivity contribution in [3.8, 4) is 0 Å². The van der Waals surface area contributed by atoms with Gasteiger partial charge in [0.25, 0.3) is 0 Å². The van der Waals surface area contributed by atoms with Gasteiger partial charge in [-0.1, -0.05) is 30.3 Å². The molecule has 1 heterocycles. The van der Waals surface area contributed by atoms with Crippen LogP contribution in [-0.4, -0.2) is 21.7 Å². The lowest BCUT2D eigenvalue weighted by atomic mass is 10.1. The van der Waals surface area contributed by atoms with Crippen LogP contribution in [-0.2, 0) is 16.0 Å². The number of aliphatic hydroxyl groups is 1. The lowest BCUT2D eigenvalue weighted by Crippen LogP contribution is -2.22. The number of benzene rings is 1. The highest BCUT2D eigenvalue weighted by molar-refractivity contribution is 7.12. The number of hydrogen-bond acceptors (Lipinski definition) is 5. The van der Waals surface area contributed by atoms with Crippen LogP contribution in [0.2, 0.25) is 0 Å². The van der Waals surface area contributed by atoms with Crippen molar-refractivity contribution in [2.45, 2.75) is 38.9 Å². The largest absolute Gasteiger partial charge is 0.457 e. The van der Waals surface area contributed by atoms with Crippen molar-refractivity contribution in [2.24, 2.45) is 0 Å². The summed E-state index contributed by atoms with van der Waals surface area (Å²) in [6.07, 6.45) is 4.65. The van der Waals surface area contributed by atoms with Gasteiger partial charge in [-0.15, -0.1) is 11.3 Å². The van der Waals surface area contributed by atoms with E-state index < -0.39 is 11.7 Å². The fraction of sp³-hybridized carbons (Fsp3) is 0.333. The molecule has 0 fully saturated rings. The van der Waals surface area contributed by atoms with Gasteiger partial charge in [-0.25, -0.2) is 9.78 Å². The number of esters is 1. The van der Waals surface area contributed by atoms with E-state index in [0.29, 0.717) is 6.42 Å². The second-order valence-electron chi connectivity index (χ2n) is 6.15. The summed E-state index contributed by atoms with van der Waals surface area (Å²) in [5.74, 6) is -0.378.